The van der Waals surface area contributed by atoms with Crippen LogP contribution in [0.15, 0.2) is 78.9 Å². The van der Waals surface area contributed by atoms with Gasteiger partial charge in [-0.2, -0.15) is 0 Å². The number of carboxylic acid groups (broad SMARTS) is 1. The van der Waals surface area contributed by atoms with Gasteiger partial charge in [-0.1, -0.05) is 72.7 Å². The summed E-state index contributed by atoms with van der Waals surface area (Å²) >= 11 is 0. The van der Waals surface area contributed by atoms with Gasteiger partial charge in [0.25, 0.3) is 0 Å². The predicted octanol–water partition coefficient (Wildman–Crippen LogP) is 7.23. The van der Waals surface area contributed by atoms with Crippen LogP contribution >= 0.6 is 0 Å². The van der Waals surface area contributed by atoms with Gasteiger partial charge in [0.2, 0.25) is 0 Å². The molecule has 3 aromatic rings. The minimum absolute atomic E-state index is 0.00345. The quantitative estimate of drug-likeness (QED) is 0.239. The number of carboxylic acids is 1. The molecule has 0 fully saturated rings. The maximum atomic E-state index is 11.2. The Labute approximate surface area is 232 Å². The minimum atomic E-state index is -0.846. The van der Waals surface area contributed by atoms with Crippen LogP contribution in [0.4, 0.5) is 0 Å². The largest absolute Gasteiger partial charge is 0.489 e. The number of fused-ring (bicyclic) bond motifs is 1. The minimum Gasteiger partial charge on any atom is -0.489 e. The van der Waals surface area contributed by atoms with E-state index in [-0.39, 0.29) is 12.3 Å². The molecule has 0 aromatic heterocycles. The molecule has 5 rings (SSSR count). The Morgan fingerprint density at radius 2 is 1.90 bits per heavy atom. The van der Waals surface area contributed by atoms with Gasteiger partial charge in [-0.3, -0.25) is 9.69 Å². The van der Waals surface area contributed by atoms with Crippen molar-refractivity contribution in [1.29, 1.82) is 0 Å². The lowest BCUT2D eigenvalue weighted by Crippen LogP contribution is -2.30. The first-order valence-corrected chi connectivity index (χ1v) is 14.0. The summed E-state index contributed by atoms with van der Waals surface area (Å²) in [5.74, 6) is 6.00. The summed E-state index contributed by atoms with van der Waals surface area (Å²) in [6.07, 6.45) is 9.09. The first kappa shape index (κ1) is 26.8. The Balaban J connectivity index is 1.29. The van der Waals surface area contributed by atoms with Crippen LogP contribution in [0.25, 0.3) is 0 Å². The van der Waals surface area contributed by atoms with E-state index in [0.717, 1.165) is 50.2 Å². The van der Waals surface area contributed by atoms with Crippen LogP contribution in [0.1, 0.15) is 77.8 Å². The first-order valence-electron chi connectivity index (χ1n) is 14.0. The Morgan fingerprint density at radius 3 is 2.64 bits per heavy atom. The summed E-state index contributed by atoms with van der Waals surface area (Å²) in [5.41, 5.74) is 7.86. The zero-order valence-corrected chi connectivity index (χ0v) is 22.7. The van der Waals surface area contributed by atoms with Gasteiger partial charge in [0.1, 0.15) is 12.4 Å². The molecule has 0 saturated carbocycles. The molecule has 1 aliphatic carbocycles. The van der Waals surface area contributed by atoms with Gasteiger partial charge in [0.15, 0.2) is 0 Å². The van der Waals surface area contributed by atoms with Crippen molar-refractivity contribution >= 4 is 5.97 Å². The van der Waals surface area contributed by atoms with E-state index in [1.807, 2.05) is 24.3 Å². The molecule has 200 valence electrons. The molecule has 2 atom stereocenters. The number of allylic oxidation sites excluding steroid dienone is 2. The molecule has 4 nitrogen and oxygen atoms in total. The van der Waals surface area contributed by atoms with E-state index in [9.17, 15) is 9.90 Å². The molecule has 2 aliphatic rings. The third-order valence-electron chi connectivity index (χ3n) is 7.91. The Bertz CT molecular complexity index is 1380. The van der Waals surface area contributed by atoms with Crippen molar-refractivity contribution in [1.82, 2.24) is 4.90 Å². The van der Waals surface area contributed by atoms with Crippen LogP contribution in [-0.4, -0.2) is 22.5 Å². The molecular formula is C35H37NO3. The molecule has 0 amide bonds. The summed E-state index contributed by atoms with van der Waals surface area (Å²) < 4.78 is 6.25. The van der Waals surface area contributed by atoms with E-state index >= 15 is 0 Å². The average Bonchev–Trinajstić information content (AvgIpc) is 2.97. The molecule has 1 heterocycles. The summed E-state index contributed by atoms with van der Waals surface area (Å²) in [6.45, 7) is 5.32. The Kier molecular flexibility index (Phi) is 8.81. The first-order chi connectivity index (χ1) is 19.1. The van der Waals surface area contributed by atoms with Gasteiger partial charge in [-0.15, -0.1) is 5.92 Å². The van der Waals surface area contributed by atoms with Crippen molar-refractivity contribution in [2.24, 2.45) is 0 Å². The molecule has 2 unspecified atom stereocenters. The van der Waals surface area contributed by atoms with Crippen molar-refractivity contribution in [2.75, 3.05) is 6.54 Å². The lowest BCUT2D eigenvalue weighted by Gasteiger charge is -2.29. The van der Waals surface area contributed by atoms with Gasteiger partial charge >= 0.3 is 5.97 Å². The van der Waals surface area contributed by atoms with Gasteiger partial charge in [0, 0.05) is 19.6 Å². The molecule has 0 radical (unpaired) electrons. The van der Waals surface area contributed by atoms with Crippen molar-refractivity contribution in [3.05, 3.63) is 112 Å². The number of benzene rings is 3. The number of carbonyl (C=O) groups is 1. The highest BCUT2D eigenvalue weighted by molar-refractivity contribution is 5.69. The Morgan fingerprint density at radius 1 is 1.08 bits per heavy atom. The molecule has 39 heavy (non-hydrogen) atoms. The maximum absolute atomic E-state index is 11.2. The predicted molar refractivity (Wildman–Crippen MR) is 156 cm³/mol. The second-order valence-corrected chi connectivity index (χ2v) is 10.6. The standard InChI is InChI=1S/C35H37NO3/c1-2-8-30(22-35(37)38)28-15-17-33(18-16-28)39-25-32-14-13-26(21-34(32)29-10-4-3-5-11-29)23-36-20-19-27-9-6-7-12-31(27)24-36/h3-4,6-7,9,12-18,21,29-30H,5,10-11,19-20,22-25H2,1H3,(H,37,38). The fraction of sp³-hybridized carbons (Fsp3) is 0.343. The SMILES string of the molecule is CC#CC(CC(=O)O)c1ccc(OCc2ccc(CN3CCc4ccccc4C3)cc2C2CC=CCC2)cc1. The van der Waals surface area contributed by atoms with Crippen molar-refractivity contribution in [3.8, 4) is 17.6 Å². The summed E-state index contributed by atoms with van der Waals surface area (Å²) in [4.78, 5) is 13.8. The number of hydrogen-bond acceptors (Lipinski definition) is 3. The third kappa shape index (κ3) is 6.99. The van der Waals surface area contributed by atoms with Gasteiger partial charge in [-0.25, -0.2) is 0 Å². The van der Waals surface area contributed by atoms with Crippen molar-refractivity contribution in [2.45, 2.75) is 70.6 Å². The van der Waals surface area contributed by atoms with Crippen LogP contribution in [0.5, 0.6) is 5.75 Å². The molecule has 4 heteroatoms. The van der Waals surface area contributed by atoms with E-state index in [1.165, 1.54) is 34.2 Å². The van der Waals surface area contributed by atoms with E-state index in [2.05, 4.69) is 71.4 Å². The third-order valence-corrected chi connectivity index (χ3v) is 7.91. The fourth-order valence-electron chi connectivity index (χ4n) is 5.84. The summed E-state index contributed by atoms with van der Waals surface area (Å²) in [6, 6.07) is 23.5. The molecular weight excluding hydrogens is 482 g/mol. The second kappa shape index (κ2) is 12.8. The molecule has 0 bridgehead atoms. The van der Waals surface area contributed by atoms with Crippen LogP contribution in [-0.2, 0) is 30.9 Å². The van der Waals surface area contributed by atoms with Crippen LogP contribution in [0, 0.1) is 11.8 Å². The van der Waals surface area contributed by atoms with Crippen LogP contribution in [0.2, 0.25) is 0 Å². The highest BCUT2D eigenvalue weighted by Gasteiger charge is 2.20. The topological polar surface area (TPSA) is 49.8 Å². The highest BCUT2D eigenvalue weighted by atomic mass is 16.5. The molecule has 3 aromatic carbocycles. The van der Waals surface area contributed by atoms with E-state index in [4.69, 9.17) is 4.74 Å². The molecule has 0 spiro atoms. The summed E-state index contributed by atoms with van der Waals surface area (Å²) in [7, 11) is 0. The lowest BCUT2D eigenvalue weighted by atomic mass is 9.84. The number of aliphatic carboxylic acids is 1. The zero-order valence-electron chi connectivity index (χ0n) is 22.7. The fourth-order valence-corrected chi connectivity index (χ4v) is 5.84. The van der Waals surface area contributed by atoms with Gasteiger partial charge in [-0.05, 0) is 84.0 Å². The van der Waals surface area contributed by atoms with Crippen molar-refractivity contribution < 1.29 is 14.6 Å². The number of ether oxygens (including phenoxy) is 1. The van der Waals surface area contributed by atoms with E-state index in [1.54, 1.807) is 6.92 Å². The number of hydrogen-bond donors (Lipinski definition) is 1. The van der Waals surface area contributed by atoms with Crippen LogP contribution in [0.3, 0.4) is 0 Å². The second-order valence-electron chi connectivity index (χ2n) is 10.6. The normalized spacial score (nSPS) is 17.5. The van der Waals surface area contributed by atoms with Gasteiger partial charge < -0.3 is 9.84 Å². The summed E-state index contributed by atoms with van der Waals surface area (Å²) in [5, 5.41) is 9.22. The van der Waals surface area contributed by atoms with Gasteiger partial charge in [0.05, 0.1) is 12.3 Å². The van der Waals surface area contributed by atoms with Crippen molar-refractivity contribution in [3.63, 3.8) is 0 Å². The van der Waals surface area contributed by atoms with E-state index in [0.29, 0.717) is 12.5 Å². The molecule has 1 aliphatic heterocycles. The number of nitrogens with zero attached hydrogens (tertiary/aromatic N) is 1. The highest BCUT2D eigenvalue weighted by Crippen LogP contribution is 2.33. The monoisotopic (exact) mass is 519 g/mol. The smallest absolute Gasteiger partial charge is 0.304 e. The molecule has 1 N–H and O–H groups in total. The average molecular weight is 520 g/mol. The number of rotatable bonds is 9. The lowest BCUT2D eigenvalue weighted by molar-refractivity contribution is -0.137. The van der Waals surface area contributed by atoms with Crippen LogP contribution < -0.4 is 4.74 Å². The maximum Gasteiger partial charge on any atom is 0.304 e. The molecule has 0 saturated heterocycles. The van der Waals surface area contributed by atoms with E-state index < -0.39 is 5.97 Å². The Hall–Kier alpha value is -3.81. The zero-order chi connectivity index (χ0) is 27.0.